The van der Waals surface area contributed by atoms with Crippen LogP contribution in [0.4, 0.5) is 10.6 Å². The molecule has 1 aromatic carbocycles. The molecule has 2 N–H and O–H groups in total. The lowest BCUT2D eigenvalue weighted by Crippen LogP contribution is -2.39. The van der Waals surface area contributed by atoms with E-state index in [-0.39, 0.29) is 11.4 Å². The van der Waals surface area contributed by atoms with Crippen LogP contribution in [0.15, 0.2) is 34.9 Å². The molecule has 0 saturated heterocycles. The molecule has 2 aromatic rings. The van der Waals surface area contributed by atoms with Crippen LogP contribution in [0.5, 0.6) is 0 Å². The van der Waals surface area contributed by atoms with Gasteiger partial charge in [-0.25, -0.2) is 4.79 Å². The van der Waals surface area contributed by atoms with E-state index in [1.807, 2.05) is 24.3 Å². The fourth-order valence-corrected chi connectivity index (χ4v) is 2.02. The van der Waals surface area contributed by atoms with Gasteiger partial charge in [-0.1, -0.05) is 42.7 Å². The van der Waals surface area contributed by atoms with Crippen molar-refractivity contribution in [2.45, 2.75) is 26.2 Å². The van der Waals surface area contributed by atoms with Crippen LogP contribution in [-0.2, 0) is 5.41 Å². The van der Waals surface area contributed by atoms with Crippen molar-refractivity contribution in [2.75, 3.05) is 11.9 Å². The SMILES string of the molecule is Cc1cc(NC(=O)NCC(C)(C)c2ccc(Cl)cc2)no1. The fraction of sp³-hybridized carbons (Fsp3) is 0.333. The van der Waals surface area contributed by atoms with Crippen LogP contribution < -0.4 is 10.6 Å². The fourth-order valence-electron chi connectivity index (χ4n) is 1.89. The predicted octanol–water partition coefficient (Wildman–Crippen LogP) is 3.74. The summed E-state index contributed by atoms with van der Waals surface area (Å²) >= 11 is 5.89. The van der Waals surface area contributed by atoms with Crippen LogP contribution in [0, 0.1) is 6.92 Å². The van der Waals surface area contributed by atoms with Crippen LogP contribution in [0.25, 0.3) is 0 Å². The summed E-state index contributed by atoms with van der Waals surface area (Å²) in [6.07, 6.45) is 0. The minimum absolute atomic E-state index is 0.207. The molecule has 0 bridgehead atoms. The van der Waals surface area contributed by atoms with E-state index in [1.165, 1.54) is 0 Å². The third kappa shape index (κ3) is 4.23. The van der Waals surface area contributed by atoms with Gasteiger partial charge >= 0.3 is 6.03 Å². The summed E-state index contributed by atoms with van der Waals surface area (Å²) in [5, 5.41) is 9.85. The molecule has 1 aromatic heterocycles. The van der Waals surface area contributed by atoms with Crippen LogP contribution in [0.3, 0.4) is 0 Å². The van der Waals surface area contributed by atoms with E-state index in [0.717, 1.165) is 5.56 Å². The first-order valence-corrected chi connectivity index (χ1v) is 6.99. The van der Waals surface area contributed by atoms with Gasteiger partial charge in [0.25, 0.3) is 0 Å². The van der Waals surface area contributed by atoms with E-state index >= 15 is 0 Å². The van der Waals surface area contributed by atoms with Crippen LogP contribution in [0.2, 0.25) is 5.02 Å². The zero-order chi connectivity index (χ0) is 15.5. The second-order valence-electron chi connectivity index (χ2n) is 5.52. The Balaban J connectivity index is 1.91. The maximum atomic E-state index is 11.8. The van der Waals surface area contributed by atoms with Crippen molar-refractivity contribution < 1.29 is 9.32 Å². The first-order valence-electron chi connectivity index (χ1n) is 6.61. The third-order valence-electron chi connectivity index (χ3n) is 3.19. The number of rotatable bonds is 4. The Morgan fingerprint density at radius 3 is 2.57 bits per heavy atom. The quantitative estimate of drug-likeness (QED) is 0.904. The van der Waals surface area contributed by atoms with Gasteiger partial charge in [0.15, 0.2) is 5.82 Å². The number of carbonyl (C=O) groups excluding carboxylic acids is 1. The van der Waals surface area contributed by atoms with Crippen molar-refractivity contribution in [3.05, 3.63) is 46.7 Å². The monoisotopic (exact) mass is 307 g/mol. The largest absolute Gasteiger partial charge is 0.360 e. The maximum absolute atomic E-state index is 11.8. The van der Waals surface area contributed by atoms with Gasteiger partial charge in [0, 0.05) is 23.0 Å². The lowest BCUT2D eigenvalue weighted by Gasteiger charge is -2.25. The molecule has 0 fully saturated rings. The zero-order valence-corrected chi connectivity index (χ0v) is 13.0. The van der Waals surface area contributed by atoms with Gasteiger partial charge in [0.1, 0.15) is 5.76 Å². The maximum Gasteiger partial charge on any atom is 0.320 e. The van der Waals surface area contributed by atoms with Crippen LogP contribution >= 0.6 is 11.6 Å². The first-order chi connectivity index (χ1) is 9.87. The molecule has 0 saturated carbocycles. The lowest BCUT2D eigenvalue weighted by atomic mass is 9.85. The van der Waals surface area contributed by atoms with Gasteiger partial charge in [-0.15, -0.1) is 0 Å². The normalized spacial score (nSPS) is 11.2. The average Bonchev–Trinajstić information content (AvgIpc) is 2.82. The van der Waals surface area contributed by atoms with Gasteiger partial charge in [0.2, 0.25) is 0 Å². The Labute approximate surface area is 128 Å². The summed E-state index contributed by atoms with van der Waals surface area (Å²) < 4.78 is 4.89. The highest BCUT2D eigenvalue weighted by atomic mass is 35.5. The molecule has 21 heavy (non-hydrogen) atoms. The van der Waals surface area contributed by atoms with Crippen molar-refractivity contribution in [3.8, 4) is 0 Å². The molecule has 0 atom stereocenters. The van der Waals surface area contributed by atoms with Crippen molar-refractivity contribution in [3.63, 3.8) is 0 Å². The number of urea groups is 1. The number of carbonyl (C=O) groups is 1. The molecular formula is C15H18ClN3O2. The Hall–Kier alpha value is -2.01. The number of amides is 2. The number of hydrogen-bond donors (Lipinski definition) is 2. The molecule has 0 aliphatic carbocycles. The molecular weight excluding hydrogens is 290 g/mol. The highest BCUT2D eigenvalue weighted by molar-refractivity contribution is 6.30. The molecule has 0 aliphatic rings. The number of halogens is 1. The second kappa shape index (κ2) is 6.18. The van der Waals surface area contributed by atoms with Gasteiger partial charge < -0.3 is 9.84 Å². The Kier molecular flexibility index (Phi) is 4.53. The van der Waals surface area contributed by atoms with E-state index in [4.69, 9.17) is 16.1 Å². The van der Waals surface area contributed by atoms with Crippen molar-refractivity contribution in [2.24, 2.45) is 0 Å². The highest BCUT2D eigenvalue weighted by Gasteiger charge is 2.21. The molecule has 2 rings (SSSR count). The summed E-state index contributed by atoms with van der Waals surface area (Å²) in [4.78, 5) is 11.8. The molecule has 6 heteroatoms. The Morgan fingerprint density at radius 1 is 1.33 bits per heavy atom. The number of nitrogens with zero attached hydrogens (tertiary/aromatic N) is 1. The van der Waals surface area contributed by atoms with E-state index in [9.17, 15) is 4.79 Å². The Morgan fingerprint density at radius 2 is 2.00 bits per heavy atom. The molecule has 112 valence electrons. The highest BCUT2D eigenvalue weighted by Crippen LogP contribution is 2.23. The predicted molar refractivity (Wildman–Crippen MR) is 82.7 cm³/mol. The number of aryl methyl sites for hydroxylation is 1. The van der Waals surface area contributed by atoms with Gasteiger partial charge in [-0.05, 0) is 24.6 Å². The zero-order valence-electron chi connectivity index (χ0n) is 12.2. The second-order valence-corrected chi connectivity index (χ2v) is 5.96. The molecule has 1 heterocycles. The summed E-state index contributed by atoms with van der Waals surface area (Å²) in [6, 6.07) is 8.95. The van der Waals surface area contributed by atoms with E-state index in [1.54, 1.807) is 13.0 Å². The van der Waals surface area contributed by atoms with Gasteiger partial charge in [-0.2, -0.15) is 0 Å². The molecule has 0 unspecified atom stereocenters. The lowest BCUT2D eigenvalue weighted by molar-refractivity contribution is 0.249. The average molecular weight is 308 g/mol. The van der Waals surface area contributed by atoms with Gasteiger partial charge in [0.05, 0.1) is 0 Å². The minimum atomic E-state index is -0.315. The first kappa shape index (κ1) is 15.4. The molecule has 5 nitrogen and oxygen atoms in total. The van der Waals surface area contributed by atoms with Gasteiger partial charge in [-0.3, -0.25) is 5.32 Å². The molecule has 0 aliphatic heterocycles. The van der Waals surface area contributed by atoms with Crippen LogP contribution in [0.1, 0.15) is 25.2 Å². The van der Waals surface area contributed by atoms with Crippen LogP contribution in [-0.4, -0.2) is 17.7 Å². The van der Waals surface area contributed by atoms with Crippen molar-refractivity contribution in [1.82, 2.24) is 10.5 Å². The number of aromatic nitrogens is 1. The number of anilines is 1. The molecule has 2 amide bonds. The summed E-state index contributed by atoms with van der Waals surface area (Å²) in [6.45, 7) is 6.35. The summed E-state index contributed by atoms with van der Waals surface area (Å²) in [5.41, 5.74) is 0.895. The Bertz CT molecular complexity index is 620. The van der Waals surface area contributed by atoms with Crippen molar-refractivity contribution in [1.29, 1.82) is 0 Å². The summed E-state index contributed by atoms with van der Waals surface area (Å²) in [5.74, 6) is 1.04. The van der Waals surface area contributed by atoms with E-state index < -0.39 is 0 Å². The standard InChI is InChI=1S/C15H18ClN3O2/c1-10-8-13(19-21-10)18-14(20)17-9-15(2,3)11-4-6-12(16)7-5-11/h4-8H,9H2,1-3H3,(H2,17,18,19,20). The molecule has 0 spiro atoms. The van der Waals surface area contributed by atoms with Crippen molar-refractivity contribution >= 4 is 23.4 Å². The number of hydrogen-bond acceptors (Lipinski definition) is 3. The molecule has 0 radical (unpaired) electrons. The summed E-state index contributed by atoms with van der Waals surface area (Å²) in [7, 11) is 0. The van der Waals surface area contributed by atoms with E-state index in [0.29, 0.717) is 23.1 Å². The van der Waals surface area contributed by atoms with E-state index in [2.05, 4.69) is 29.6 Å². The number of benzene rings is 1. The smallest absolute Gasteiger partial charge is 0.320 e. The minimum Gasteiger partial charge on any atom is -0.360 e. The topological polar surface area (TPSA) is 67.2 Å². The number of nitrogens with one attached hydrogen (secondary N) is 2. The third-order valence-corrected chi connectivity index (χ3v) is 3.44.